The molecule has 2 aromatic heterocycles. The van der Waals surface area contributed by atoms with Crippen LogP contribution in [0.3, 0.4) is 0 Å². The van der Waals surface area contributed by atoms with Crippen LogP contribution in [0.4, 0.5) is 5.82 Å². The van der Waals surface area contributed by atoms with E-state index in [-0.39, 0.29) is 11.4 Å². The molecule has 0 saturated heterocycles. The zero-order valence-corrected chi connectivity index (χ0v) is 18.0. The standard InChI is InChI=1S/C24H20ClN5O2/c1-15-5-10-21(27-13-15)32-19-8-6-16(7-9-19)14-28-24-22(23(26)31)20(29-30-24)12-17-3-2-4-18(25)11-17/h2-11,13-14H,12H2,1H3,(H2,26,31)(H,29,30). The van der Waals surface area contributed by atoms with Crippen molar-refractivity contribution in [3.63, 3.8) is 0 Å². The summed E-state index contributed by atoms with van der Waals surface area (Å²) in [7, 11) is 0. The van der Waals surface area contributed by atoms with Crippen LogP contribution in [0.1, 0.15) is 32.7 Å². The quantitative estimate of drug-likeness (QED) is 0.390. The Balaban J connectivity index is 1.49. The molecule has 0 radical (unpaired) electrons. The van der Waals surface area contributed by atoms with Crippen molar-refractivity contribution in [2.24, 2.45) is 10.7 Å². The van der Waals surface area contributed by atoms with Gasteiger partial charge in [0, 0.05) is 29.9 Å². The van der Waals surface area contributed by atoms with Crippen LogP contribution in [0.15, 0.2) is 71.9 Å². The second-order valence-electron chi connectivity index (χ2n) is 7.17. The fourth-order valence-corrected chi connectivity index (χ4v) is 3.30. The Morgan fingerprint density at radius 1 is 1.19 bits per heavy atom. The number of aliphatic imine (C=N–C) groups is 1. The third-order valence-electron chi connectivity index (χ3n) is 4.66. The molecule has 0 aliphatic carbocycles. The number of aromatic nitrogens is 3. The molecule has 0 saturated carbocycles. The van der Waals surface area contributed by atoms with Crippen molar-refractivity contribution < 1.29 is 9.53 Å². The molecule has 160 valence electrons. The van der Waals surface area contributed by atoms with E-state index in [2.05, 4.69) is 20.2 Å². The molecule has 4 aromatic rings. The number of nitrogens with two attached hydrogens (primary N) is 1. The van der Waals surface area contributed by atoms with E-state index in [1.807, 2.05) is 61.5 Å². The highest BCUT2D eigenvalue weighted by atomic mass is 35.5. The fourth-order valence-electron chi connectivity index (χ4n) is 3.09. The number of hydrogen-bond donors (Lipinski definition) is 2. The minimum atomic E-state index is -0.600. The number of aromatic amines is 1. The summed E-state index contributed by atoms with van der Waals surface area (Å²) in [6, 6.07) is 18.4. The first-order chi connectivity index (χ1) is 15.5. The highest BCUT2D eigenvalue weighted by Crippen LogP contribution is 2.23. The van der Waals surface area contributed by atoms with Crippen molar-refractivity contribution in [1.29, 1.82) is 0 Å². The number of carbonyl (C=O) groups is 1. The number of halogens is 1. The summed E-state index contributed by atoms with van der Waals surface area (Å²) in [5.41, 5.74) is 9.24. The maximum atomic E-state index is 12.1. The number of aryl methyl sites for hydroxylation is 1. The SMILES string of the molecule is Cc1ccc(Oc2ccc(C=Nc3n[nH]c(Cc4cccc(Cl)c4)c3C(N)=O)cc2)nc1. The molecule has 0 bridgehead atoms. The molecule has 0 spiro atoms. The van der Waals surface area contributed by atoms with Crippen LogP contribution in [-0.4, -0.2) is 27.3 Å². The lowest BCUT2D eigenvalue weighted by Crippen LogP contribution is -2.13. The maximum Gasteiger partial charge on any atom is 0.254 e. The highest BCUT2D eigenvalue weighted by Gasteiger charge is 2.18. The van der Waals surface area contributed by atoms with Gasteiger partial charge < -0.3 is 10.5 Å². The normalized spacial score (nSPS) is 11.1. The Labute approximate surface area is 189 Å². The summed E-state index contributed by atoms with van der Waals surface area (Å²) in [4.78, 5) is 20.6. The summed E-state index contributed by atoms with van der Waals surface area (Å²) in [5, 5.41) is 7.64. The van der Waals surface area contributed by atoms with Crippen LogP contribution >= 0.6 is 11.6 Å². The van der Waals surface area contributed by atoms with E-state index in [1.165, 1.54) is 0 Å². The molecule has 0 atom stereocenters. The summed E-state index contributed by atoms with van der Waals surface area (Å²) >= 11 is 6.05. The van der Waals surface area contributed by atoms with Crippen LogP contribution in [0.25, 0.3) is 0 Å². The maximum absolute atomic E-state index is 12.1. The molecule has 0 aliphatic rings. The first-order valence-electron chi connectivity index (χ1n) is 9.84. The number of amides is 1. The third kappa shape index (κ3) is 5.19. The number of H-pyrrole nitrogens is 1. The number of pyridine rings is 1. The van der Waals surface area contributed by atoms with Crippen molar-refractivity contribution >= 4 is 29.5 Å². The van der Waals surface area contributed by atoms with Gasteiger partial charge in [-0.25, -0.2) is 9.98 Å². The highest BCUT2D eigenvalue weighted by molar-refractivity contribution is 6.30. The Morgan fingerprint density at radius 3 is 2.69 bits per heavy atom. The van der Waals surface area contributed by atoms with E-state index in [4.69, 9.17) is 22.1 Å². The number of primary amides is 1. The number of benzene rings is 2. The minimum Gasteiger partial charge on any atom is -0.439 e. The molecule has 0 unspecified atom stereocenters. The van der Waals surface area contributed by atoms with Gasteiger partial charge >= 0.3 is 0 Å². The second-order valence-corrected chi connectivity index (χ2v) is 7.61. The monoisotopic (exact) mass is 445 g/mol. The molecule has 0 fully saturated rings. The van der Waals surface area contributed by atoms with Gasteiger partial charge in [-0.1, -0.05) is 29.8 Å². The van der Waals surface area contributed by atoms with Crippen molar-refractivity contribution in [3.8, 4) is 11.6 Å². The Hall–Kier alpha value is -3.97. The van der Waals surface area contributed by atoms with Crippen molar-refractivity contribution in [1.82, 2.24) is 15.2 Å². The lowest BCUT2D eigenvalue weighted by Gasteiger charge is -2.05. The molecule has 1 amide bonds. The van der Waals surface area contributed by atoms with Crippen LogP contribution in [0.5, 0.6) is 11.6 Å². The van der Waals surface area contributed by atoms with E-state index in [0.29, 0.717) is 28.8 Å². The predicted octanol–water partition coefficient (Wildman–Crippen LogP) is 5.00. The van der Waals surface area contributed by atoms with Crippen molar-refractivity contribution in [3.05, 3.63) is 99.8 Å². The molecule has 2 aromatic carbocycles. The number of carbonyl (C=O) groups excluding carboxylic acids is 1. The Kier molecular flexibility index (Phi) is 6.28. The number of hydrogen-bond acceptors (Lipinski definition) is 5. The molecule has 3 N–H and O–H groups in total. The van der Waals surface area contributed by atoms with Gasteiger partial charge in [-0.05, 0) is 60.0 Å². The topological polar surface area (TPSA) is 106 Å². The summed E-state index contributed by atoms with van der Waals surface area (Å²) in [5.74, 6) is 0.808. The van der Waals surface area contributed by atoms with Crippen molar-refractivity contribution in [2.45, 2.75) is 13.3 Å². The number of nitrogens with zero attached hydrogens (tertiary/aromatic N) is 3. The van der Waals surface area contributed by atoms with Gasteiger partial charge in [-0.2, -0.15) is 5.10 Å². The zero-order valence-electron chi connectivity index (χ0n) is 17.2. The largest absolute Gasteiger partial charge is 0.439 e. The van der Waals surface area contributed by atoms with E-state index in [0.717, 1.165) is 16.7 Å². The molecule has 4 rings (SSSR count). The average molecular weight is 446 g/mol. The van der Waals surface area contributed by atoms with Crippen LogP contribution in [-0.2, 0) is 6.42 Å². The first-order valence-corrected chi connectivity index (χ1v) is 10.2. The third-order valence-corrected chi connectivity index (χ3v) is 4.90. The van der Waals surface area contributed by atoms with Gasteiger partial charge in [0.2, 0.25) is 5.88 Å². The van der Waals surface area contributed by atoms with Gasteiger partial charge in [0.25, 0.3) is 5.91 Å². The fraction of sp³-hybridized carbons (Fsp3) is 0.0833. The summed E-state index contributed by atoms with van der Waals surface area (Å²) < 4.78 is 5.73. The van der Waals surface area contributed by atoms with E-state index in [1.54, 1.807) is 18.5 Å². The van der Waals surface area contributed by atoms with E-state index in [9.17, 15) is 4.79 Å². The van der Waals surface area contributed by atoms with Crippen LogP contribution in [0, 0.1) is 6.92 Å². The molecule has 2 heterocycles. The average Bonchev–Trinajstić information content (AvgIpc) is 3.17. The van der Waals surface area contributed by atoms with Gasteiger partial charge in [-0.15, -0.1) is 0 Å². The van der Waals surface area contributed by atoms with E-state index < -0.39 is 5.91 Å². The van der Waals surface area contributed by atoms with Crippen LogP contribution < -0.4 is 10.5 Å². The Bertz CT molecular complexity index is 1260. The second kappa shape index (κ2) is 9.45. The number of ether oxygens (including phenoxy) is 1. The summed E-state index contributed by atoms with van der Waals surface area (Å²) in [6.07, 6.45) is 3.79. The van der Waals surface area contributed by atoms with Gasteiger partial charge in [0.1, 0.15) is 11.3 Å². The smallest absolute Gasteiger partial charge is 0.254 e. The van der Waals surface area contributed by atoms with Gasteiger partial charge in [0.15, 0.2) is 5.82 Å². The zero-order chi connectivity index (χ0) is 22.5. The number of nitrogens with one attached hydrogen (secondary N) is 1. The van der Waals surface area contributed by atoms with E-state index >= 15 is 0 Å². The molecule has 7 nitrogen and oxygen atoms in total. The molecular formula is C24H20ClN5O2. The van der Waals surface area contributed by atoms with Gasteiger partial charge in [0.05, 0.1) is 5.69 Å². The molecule has 0 aliphatic heterocycles. The van der Waals surface area contributed by atoms with Gasteiger partial charge in [-0.3, -0.25) is 9.89 Å². The molecule has 8 heteroatoms. The van der Waals surface area contributed by atoms with Crippen molar-refractivity contribution in [2.75, 3.05) is 0 Å². The lowest BCUT2D eigenvalue weighted by molar-refractivity contribution is 0.100. The first kappa shape index (κ1) is 21.3. The lowest BCUT2D eigenvalue weighted by atomic mass is 10.1. The minimum absolute atomic E-state index is 0.235. The Morgan fingerprint density at radius 2 is 2.00 bits per heavy atom. The predicted molar refractivity (Wildman–Crippen MR) is 124 cm³/mol. The van der Waals surface area contributed by atoms with Crippen LogP contribution in [0.2, 0.25) is 5.02 Å². The molecular weight excluding hydrogens is 426 g/mol. The molecule has 32 heavy (non-hydrogen) atoms. The summed E-state index contributed by atoms with van der Waals surface area (Å²) in [6.45, 7) is 1.97. The number of rotatable bonds is 7.